The molecule has 1 aromatic rings. The molecule has 0 saturated carbocycles. The van der Waals surface area contributed by atoms with E-state index in [1.807, 2.05) is 0 Å². The van der Waals surface area contributed by atoms with Crippen molar-refractivity contribution in [2.45, 2.75) is 31.1 Å². The fourth-order valence-electron chi connectivity index (χ4n) is 2.99. The number of benzene rings is 1. The highest BCUT2D eigenvalue weighted by atomic mass is 16.4. The van der Waals surface area contributed by atoms with Crippen molar-refractivity contribution in [3.05, 3.63) is 29.8 Å². The Morgan fingerprint density at radius 2 is 1.88 bits per heavy atom. The Bertz CT molecular complexity index is 1020. The standard InChI is InChI=1S/C19H21N7O6/c20-19-25-15-14(17(30)26-19)23-11(8-22-15)7-21-10-3-1-9(2-4-10)16(29)24-12(18(31)32)5-6-13(27)28/h1-4,8,12,14-15,21H,5-7H2,(H,24,29)(H,27,28)(H,31,32)(H3,20,25,26,30)/t12-,14?,15?/m0/s1. The summed E-state index contributed by atoms with van der Waals surface area (Å²) in [4.78, 5) is 58.6. The van der Waals surface area contributed by atoms with Crippen LogP contribution in [0.4, 0.5) is 5.69 Å². The lowest BCUT2D eigenvalue weighted by molar-refractivity contribution is -0.140. The number of carbonyl (C=O) groups is 4. The second-order valence-electron chi connectivity index (χ2n) is 6.99. The topological polar surface area (TPSA) is 208 Å². The third kappa shape index (κ3) is 5.65. The van der Waals surface area contributed by atoms with Gasteiger partial charge in [0.25, 0.3) is 11.8 Å². The van der Waals surface area contributed by atoms with Gasteiger partial charge in [-0.3, -0.25) is 29.7 Å². The second kappa shape index (κ2) is 9.68. The molecule has 1 aromatic carbocycles. The molecule has 0 bridgehead atoms. The number of aliphatic carboxylic acids is 2. The number of carboxylic acids is 2. The molecule has 2 unspecified atom stereocenters. The quantitative estimate of drug-likeness (QED) is 0.273. The van der Waals surface area contributed by atoms with Gasteiger partial charge in [-0.1, -0.05) is 0 Å². The van der Waals surface area contributed by atoms with E-state index in [0.717, 1.165) is 0 Å². The predicted octanol–water partition coefficient (Wildman–Crippen LogP) is -1.19. The van der Waals surface area contributed by atoms with Crippen LogP contribution in [-0.4, -0.2) is 76.6 Å². The van der Waals surface area contributed by atoms with Crippen molar-refractivity contribution < 1.29 is 29.4 Å². The van der Waals surface area contributed by atoms with Crippen molar-refractivity contribution in [1.29, 1.82) is 0 Å². The Kier molecular flexibility index (Phi) is 6.77. The van der Waals surface area contributed by atoms with Gasteiger partial charge < -0.3 is 26.6 Å². The minimum atomic E-state index is -1.31. The molecule has 0 radical (unpaired) electrons. The van der Waals surface area contributed by atoms with Crippen LogP contribution in [0, 0.1) is 0 Å². The van der Waals surface area contributed by atoms with Crippen molar-refractivity contribution in [1.82, 2.24) is 10.6 Å². The molecule has 3 atom stereocenters. The van der Waals surface area contributed by atoms with Crippen molar-refractivity contribution in [2.75, 3.05) is 11.9 Å². The number of aliphatic imine (C=N–C) groups is 3. The number of nitrogens with zero attached hydrogens (tertiary/aromatic N) is 3. The molecular weight excluding hydrogens is 422 g/mol. The Hall–Kier alpha value is -4.29. The van der Waals surface area contributed by atoms with Crippen LogP contribution < -0.4 is 21.7 Å². The Labute approximate surface area is 181 Å². The number of fused-ring (bicyclic) bond motifs is 1. The van der Waals surface area contributed by atoms with Gasteiger partial charge in [0.15, 0.2) is 18.2 Å². The van der Waals surface area contributed by atoms with Gasteiger partial charge in [0.05, 0.1) is 12.3 Å². The summed E-state index contributed by atoms with van der Waals surface area (Å²) in [5.41, 5.74) is 6.90. The number of hydrogen-bond acceptors (Lipinski definition) is 9. The molecular formula is C19H21N7O6. The summed E-state index contributed by atoms with van der Waals surface area (Å²) in [6.07, 6.45) is 0.234. The molecule has 168 valence electrons. The summed E-state index contributed by atoms with van der Waals surface area (Å²) in [6.45, 7) is 0.265. The lowest BCUT2D eigenvalue weighted by atomic mass is 10.1. The van der Waals surface area contributed by atoms with Crippen LogP contribution in [0.25, 0.3) is 0 Å². The summed E-state index contributed by atoms with van der Waals surface area (Å²) < 4.78 is 0. The third-order valence-corrected chi connectivity index (χ3v) is 4.63. The van der Waals surface area contributed by atoms with E-state index in [4.69, 9.17) is 15.9 Å². The van der Waals surface area contributed by atoms with Crippen LogP contribution >= 0.6 is 0 Å². The summed E-state index contributed by atoms with van der Waals surface area (Å²) in [6, 6.07) is 4.13. The maximum atomic E-state index is 12.3. The molecule has 2 heterocycles. The van der Waals surface area contributed by atoms with E-state index >= 15 is 0 Å². The molecule has 13 heteroatoms. The third-order valence-electron chi connectivity index (χ3n) is 4.63. The molecule has 0 saturated heterocycles. The first-order valence-corrected chi connectivity index (χ1v) is 9.56. The highest BCUT2D eigenvalue weighted by molar-refractivity contribution is 6.33. The fourth-order valence-corrected chi connectivity index (χ4v) is 2.99. The van der Waals surface area contributed by atoms with E-state index in [9.17, 15) is 19.2 Å². The Morgan fingerprint density at radius 1 is 1.16 bits per heavy atom. The average Bonchev–Trinajstić information content (AvgIpc) is 2.75. The molecule has 2 aliphatic heterocycles. The summed E-state index contributed by atoms with van der Waals surface area (Å²) >= 11 is 0. The summed E-state index contributed by atoms with van der Waals surface area (Å²) in [5, 5.41) is 25.6. The zero-order valence-electron chi connectivity index (χ0n) is 16.7. The van der Waals surface area contributed by atoms with Crippen molar-refractivity contribution in [3.8, 4) is 0 Å². The highest BCUT2D eigenvalue weighted by Crippen LogP contribution is 2.14. The Morgan fingerprint density at radius 3 is 2.53 bits per heavy atom. The number of hydrogen-bond donors (Lipinski definition) is 6. The first kappa shape index (κ1) is 22.4. The molecule has 0 aromatic heterocycles. The van der Waals surface area contributed by atoms with Crippen LogP contribution in [0.3, 0.4) is 0 Å². The maximum Gasteiger partial charge on any atom is 0.326 e. The van der Waals surface area contributed by atoms with Crippen molar-refractivity contribution in [2.24, 2.45) is 20.7 Å². The zero-order chi connectivity index (χ0) is 23.3. The molecule has 32 heavy (non-hydrogen) atoms. The highest BCUT2D eigenvalue weighted by Gasteiger charge is 2.34. The SMILES string of the molecule is NC1=NC2N=CC(CNc3ccc(C(=O)N[C@@H](CCC(=O)O)C(=O)O)cc3)=NC2C(=O)N1. The number of carbonyl (C=O) groups excluding carboxylic acids is 2. The fraction of sp³-hybridized carbons (Fsp3) is 0.316. The lowest BCUT2D eigenvalue weighted by Gasteiger charge is -2.25. The van der Waals surface area contributed by atoms with E-state index in [1.165, 1.54) is 18.3 Å². The second-order valence-corrected chi connectivity index (χ2v) is 6.99. The van der Waals surface area contributed by atoms with Crippen LogP contribution in [0.15, 0.2) is 39.2 Å². The number of nitrogens with two attached hydrogens (primary N) is 1. The van der Waals surface area contributed by atoms with Crippen LogP contribution in [0.5, 0.6) is 0 Å². The van der Waals surface area contributed by atoms with Gasteiger partial charge in [-0.05, 0) is 30.7 Å². The Balaban J connectivity index is 1.56. The molecule has 2 amide bonds. The predicted molar refractivity (Wildman–Crippen MR) is 114 cm³/mol. The van der Waals surface area contributed by atoms with Gasteiger partial charge >= 0.3 is 11.9 Å². The molecule has 0 spiro atoms. The molecule has 0 fully saturated rings. The van der Waals surface area contributed by atoms with Crippen LogP contribution in [0.1, 0.15) is 23.2 Å². The first-order chi connectivity index (χ1) is 15.2. The van der Waals surface area contributed by atoms with E-state index in [-0.39, 0.29) is 36.8 Å². The molecule has 2 aliphatic rings. The van der Waals surface area contributed by atoms with Gasteiger partial charge in [-0.2, -0.15) is 0 Å². The van der Waals surface area contributed by atoms with E-state index in [1.54, 1.807) is 12.1 Å². The van der Waals surface area contributed by atoms with Crippen molar-refractivity contribution >= 4 is 47.3 Å². The number of guanidine groups is 1. The maximum absolute atomic E-state index is 12.3. The average molecular weight is 443 g/mol. The van der Waals surface area contributed by atoms with E-state index in [2.05, 4.69) is 30.9 Å². The largest absolute Gasteiger partial charge is 0.481 e. The number of rotatable bonds is 9. The van der Waals surface area contributed by atoms with E-state index in [0.29, 0.717) is 11.4 Å². The van der Waals surface area contributed by atoms with Gasteiger partial charge in [-0.15, -0.1) is 0 Å². The number of amides is 2. The molecule has 13 nitrogen and oxygen atoms in total. The monoisotopic (exact) mass is 443 g/mol. The van der Waals surface area contributed by atoms with Gasteiger partial charge in [-0.25, -0.2) is 9.79 Å². The number of anilines is 1. The normalized spacial score (nSPS) is 20.2. The van der Waals surface area contributed by atoms with Gasteiger partial charge in [0, 0.05) is 23.9 Å². The lowest BCUT2D eigenvalue weighted by Crippen LogP contribution is -2.52. The molecule has 3 rings (SSSR count). The summed E-state index contributed by atoms with van der Waals surface area (Å²) in [5.74, 6) is -3.46. The summed E-state index contributed by atoms with van der Waals surface area (Å²) in [7, 11) is 0. The molecule has 0 aliphatic carbocycles. The molecule has 7 N–H and O–H groups in total. The van der Waals surface area contributed by atoms with Crippen LogP contribution in [-0.2, 0) is 14.4 Å². The first-order valence-electron chi connectivity index (χ1n) is 9.56. The van der Waals surface area contributed by atoms with Gasteiger partial charge in [0.1, 0.15) is 6.04 Å². The van der Waals surface area contributed by atoms with Crippen molar-refractivity contribution in [3.63, 3.8) is 0 Å². The minimum Gasteiger partial charge on any atom is -0.481 e. The smallest absolute Gasteiger partial charge is 0.326 e. The van der Waals surface area contributed by atoms with E-state index < -0.39 is 36.1 Å². The number of nitrogens with one attached hydrogen (secondary N) is 3. The van der Waals surface area contributed by atoms with Crippen LogP contribution in [0.2, 0.25) is 0 Å². The zero-order valence-corrected chi connectivity index (χ0v) is 16.7. The van der Waals surface area contributed by atoms with Gasteiger partial charge in [0.2, 0.25) is 0 Å². The number of carboxylic acid groups (broad SMARTS) is 2. The minimum absolute atomic E-state index is 0.00543.